The van der Waals surface area contributed by atoms with Crippen molar-refractivity contribution in [3.8, 4) is 5.75 Å². The summed E-state index contributed by atoms with van der Waals surface area (Å²) in [5.41, 5.74) is 8.03. The van der Waals surface area contributed by atoms with Crippen molar-refractivity contribution in [3.63, 3.8) is 0 Å². The van der Waals surface area contributed by atoms with E-state index < -0.39 is 0 Å². The van der Waals surface area contributed by atoms with Gasteiger partial charge in [-0.1, -0.05) is 11.6 Å². The molecule has 1 unspecified atom stereocenters. The van der Waals surface area contributed by atoms with Crippen LogP contribution in [0.3, 0.4) is 0 Å². The Morgan fingerprint density at radius 1 is 1.56 bits per heavy atom. The number of nitrogens with one attached hydrogen (secondary N) is 1. The Bertz CT molecular complexity index is 371. The highest BCUT2D eigenvalue weighted by Gasteiger charge is 2.24. The number of halogens is 2. The maximum absolute atomic E-state index is 6.17. The topological polar surface area (TPSA) is 47.3 Å². The lowest BCUT2D eigenvalue weighted by atomic mass is 9.93. The minimum Gasteiger partial charge on any atom is -0.496 e. The maximum Gasteiger partial charge on any atom is 0.124 e. The van der Waals surface area contributed by atoms with Gasteiger partial charge in [0.15, 0.2) is 0 Å². The lowest BCUT2D eigenvalue weighted by molar-refractivity contribution is 0.393. The van der Waals surface area contributed by atoms with Crippen molar-refractivity contribution >= 4 is 24.0 Å². The van der Waals surface area contributed by atoms with Gasteiger partial charge in [-0.15, -0.1) is 12.4 Å². The molecule has 0 radical (unpaired) electrons. The number of fused-ring (bicyclic) bond motifs is 1. The molecule has 0 saturated carbocycles. The fourth-order valence-corrected chi connectivity index (χ4v) is 2.36. The third kappa shape index (κ3) is 2.28. The summed E-state index contributed by atoms with van der Waals surface area (Å²) < 4.78 is 5.35. The van der Waals surface area contributed by atoms with Crippen LogP contribution < -0.4 is 15.8 Å². The zero-order chi connectivity index (χ0) is 10.8. The second kappa shape index (κ2) is 5.73. The van der Waals surface area contributed by atoms with Gasteiger partial charge in [0.05, 0.1) is 7.11 Å². The first kappa shape index (κ1) is 13.6. The third-order valence-electron chi connectivity index (χ3n) is 2.83. The Balaban J connectivity index is 0.00000128. The van der Waals surface area contributed by atoms with Gasteiger partial charge < -0.3 is 15.8 Å². The first-order chi connectivity index (χ1) is 7.27. The Kier molecular flexibility index (Phi) is 4.87. The Morgan fingerprint density at radius 3 is 2.94 bits per heavy atom. The van der Waals surface area contributed by atoms with Gasteiger partial charge >= 0.3 is 0 Å². The SMILES string of the molecule is COc1ccc(Cl)c2c1C(CN)NCC2.Cl. The van der Waals surface area contributed by atoms with Gasteiger partial charge in [-0.3, -0.25) is 0 Å². The molecule has 1 aliphatic rings. The molecule has 1 aromatic rings. The van der Waals surface area contributed by atoms with Crippen molar-refractivity contribution in [1.29, 1.82) is 0 Å². The monoisotopic (exact) mass is 262 g/mol. The molecular weight excluding hydrogens is 247 g/mol. The number of benzene rings is 1. The summed E-state index contributed by atoms with van der Waals surface area (Å²) in [6.07, 6.45) is 0.932. The molecule has 0 aliphatic carbocycles. The lowest BCUT2D eigenvalue weighted by Gasteiger charge is -2.28. The van der Waals surface area contributed by atoms with Crippen LogP contribution in [0.1, 0.15) is 17.2 Å². The van der Waals surface area contributed by atoms with Crippen LogP contribution in [0, 0.1) is 0 Å². The van der Waals surface area contributed by atoms with Crippen LogP contribution in [0.25, 0.3) is 0 Å². The molecule has 1 aliphatic heterocycles. The number of methoxy groups -OCH3 is 1. The van der Waals surface area contributed by atoms with Crippen LogP contribution in [0.4, 0.5) is 0 Å². The Labute approximate surface area is 107 Å². The van der Waals surface area contributed by atoms with E-state index in [1.807, 2.05) is 12.1 Å². The number of hydrogen-bond donors (Lipinski definition) is 2. The largest absolute Gasteiger partial charge is 0.496 e. The molecule has 2 rings (SSSR count). The van der Waals surface area contributed by atoms with Crippen LogP contribution in [0.2, 0.25) is 5.02 Å². The summed E-state index contributed by atoms with van der Waals surface area (Å²) in [6, 6.07) is 3.94. The molecule has 0 spiro atoms. The van der Waals surface area contributed by atoms with E-state index in [-0.39, 0.29) is 18.4 Å². The lowest BCUT2D eigenvalue weighted by Crippen LogP contribution is -2.35. The number of rotatable bonds is 2. The fourth-order valence-electron chi connectivity index (χ4n) is 2.11. The first-order valence-corrected chi connectivity index (χ1v) is 5.44. The molecule has 3 N–H and O–H groups in total. The van der Waals surface area contributed by atoms with Crippen LogP contribution in [-0.4, -0.2) is 20.2 Å². The van der Waals surface area contributed by atoms with Crippen LogP contribution in [0.15, 0.2) is 12.1 Å². The molecule has 1 aromatic carbocycles. The van der Waals surface area contributed by atoms with E-state index in [1.54, 1.807) is 7.11 Å². The van der Waals surface area contributed by atoms with Gasteiger partial charge in [0.1, 0.15) is 5.75 Å². The molecular formula is C11H16Cl2N2O. The van der Waals surface area contributed by atoms with Gasteiger partial charge in [0, 0.05) is 23.2 Å². The van der Waals surface area contributed by atoms with E-state index in [4.69, 9.17) is 22.1 Å². The molecule has 1 atom stereocenters. The van der Waals surface area contributed by atoms with Crippen molar-refractivity contribution in [2.24, 2.45) is 5.73 Å². The summed E-state index contributed by atoms with van der Waals surface area (Å²) in [5.74, 6) is 0.872. The van der Waals surface area contributed by atoms with Crippen LogP contribution >= 0.6 is 24.0 Å². The first-order valence-electron chi connectivity index (χ1n) is 5.06. The van der Waals surface area contributed by atoms with E-state index in [2.05, 4.69) is 5.32 Å². The highest BCUT2D eigenvalue weighted by Crippen LogP contribution is 2.35. The minimum atomic E-state index is 0. The highest BCUT2D eigenvalue weighted by molar-refractivity contribution is 6.31. The standard InChI is InChI=1S/C11H15ClN2O.ClH/c1-15-10-3-2-8(12)7-4-5-14-9(6-13)11(7)10;/h2-3,9,14H,4-6,13H2,1H3;1H. The van der Waals surface area contributed by atoms with E-state index in [1.165, 1.54) is 5.56 Å². The zero-order valence-electron chi connectivity index (χ0n) is 9.13. The molecule has 3 nitrogen and oxygen atoms in total. The van der Waals surface area contributed by atoms with Crippen LogP contribution in [0.5, 0.6) is 5.75 Å². The average molecular weight is 263 g/mol. The van der Waals surface area contributed by atoms with Crippen molar-refractivity contribution in [2.75, 3.05) is 20.2 Å². The predicted octanol–water partition coefficient (Wildman–Crippen LogP) is 1.92. The second-order valence-electron chi connectivity index (χ2n) is 3.63. The average Bonchev–Trinajstić information content (AvgIpc) is 2.29. The Morgan fingerprint density at radius 2 is 2.31 bits per heavy atom. The number of ether oxygens (including phenoxy) is 1. The molecule has 0 saturated heterocycles. The van der Waals surface area contributed by atoms with Crippen molar-refractivity contribution in [2.45, 2.75) is 12.5 Å². The van der Waals surface area contributed by atoms with E-state index >= 15 is 0 Å². The van der Waals surface area contributed by atoms with Gasteiger partial charge in [0.2, 0.25) is 0 Å². The smallest absolute Gasteiger partial charge is 0.124 e. The molecule has 1 heterocycles. The molecule has 0 fully saturated rings. The van der Waals surface area contributed by atoms with E-state index in [0.717, 1.165) is 29.3 Å². The molecule has 0 aromatic heterocycles. The van der Waals surface area contributed by atoms with Gasteiger partial charge in [-0.2, -0.15) is 0 Å². The summed E-state index contributed by atoms with van der Waals surface area (Å²) in [7, 11) is 1.67. The maximum atomic E-state index is 6.17. The molecule has 0 amide bonds. The van der Waals surface area contributed by atoms with Crippen molar-refractivity contribution in [3.05, 3.63) is 28.3 Å². The second-order valence-corrected chi connectivity index (χ2v) is 4.04. The summed E-state index contributed by atoms with van der Waals surface area (Å²) in [4.78, 5) is 0. The van der Waals surface area contributed by atoms with Gasteiger partial charge in [-0.05, 0) is 30.7 Å². The summed E-state index contributed by atoms with van der Waals surface area (Å²) >= 11 is 6.17. The summed E-state index contributed by atoms with van der Waals surface area (Å²) in [5, 5.41) is 4.17. The van der Waals surface area contributed by atoms with E-state index in [9.17, 15) is 0 Å². The van der Waals surface area contributed by atoms with Gasteiger partial charge in [-0.25, -0.2) is 0 Å². The predicted molar refractivity (Wildman–Crippen MR) is 68.8 cm³/mol. The molecule has 90 valence electrons. The van der Waals surface area contributed by atoms with Crippen LogP contribution in [-0.2, 0) is 6.42 Å². The fraction of sp³-hybridized carbons (Fsp3) is 0.455. The van der Waals surface area contributed by atoms with E-state index in [0.29, 0.717) is 6.54 Å². The minimum absolute atomic E-state index is 0. The third-order valence-corrected chi connectivity index (χ3v) is 3.18. The van der Waals surface area contributed by atoms with Crippen molar-refractivity contribution < 1.29 is 4.74 Å². The number of hydrogen-bond acceptors (Lipinski definition) is 3. The molecule has 16 heavy (non-hydrogen) atoms. The van der Waals surface area contributed by atoms with Gasteiger partial charge in [0.25, 0.3) is 0 Å². The van der Waals surface area contributed by atoms with Crippen molar-refractivity contribution in [1.82, 2.24) is 5.32 Å². The molecule has 0 bridgehead atoms. The highest BCUT2D eigenvalue weighted by atomic mass is 35.5. The quantitative estimate of drug-likeness (QED) is 0.857. The number of nitrogens with two attached hydrogens (primary N) is 1. The zero-order valence-corrected chi connectivity index (χ0v) is 10.7. The molecule has 5 heteroatoms. The summed E-state index contributed by atoms with van der Waals surface area (Å²) in [6.45, 7) is 1.48. The normalized spacial score (nSPS) is 18.6. The Hall–Kier alpha value is -0.480.